The number of morpholine rings is 1. The van der Waals surface area contributed by atoms with E-state index in [1.165, 1.54) is 11.3 Å². The first-order chi connectivity index (χ1) is 16.2. The predicted molar refractivity (Wildman–Crippen MR) is 127 cm³/mol. The molecular formula is C24H27N3O5S. The molecule has 3 aromatic rings. The molecule has 0 N–H and O–H groups in total. The molecule has 8 nitrogen and oxygen atoms in total. The summed E-state index contributed by atoms with van der Waals surface area (Å²) in [6.07, 6.45) is 0.111. The summed E-state index contributed by atoms with van der Waals surface area (Å²) < 4.78 is 23.6. The Morgan fingerprint density at radius 1 is 1.21 bits per heavy atom. The average molecular weight is 470 g/mol. The lowest BCUT2D eigenvalue weighted by Gasteiger charge is -2.31. The van der Waals surface area contributed by atoms with Crippen LogP contribution in [0.4, 0.5) is 5.13 Å². The molecular weight excluding hydrogens is 442 g/mol. The first-order valence-corrected chi connectivity index (χ1v) is 12.0. The molecule has 174 valence electrons. The molecule has 1 aromatic heterocycles. The Bertz CT molecular complexity index is 1110. The average Bonchev–Trinajstić information content (AvgIpc) is 3.29. The normalized spacial score (nSPS) is 18.3. The van der Waals surface area contributed by atoms with Crippen molar-refractivity contribution >= 4 is 32.6 Å². The number of benzene rings is 2. The van der Waals surface area contributed by atoms with Crippen molar-refractivity contribution in [2.45, 2.75) is 12.5 Å². The van der Waals surface area contributed by atoms with Gasteiger partial charge in [0.25, 0.3) is 5.91 Å². The van der Waals surface area contributed by atoms with Crippen LogP contribution in [0.25, 0.3) is 10.2 Å². The van der Waals surface area contributed by atoms with Gasteiger partial charge in [0.05, 0.1) is 30.5 Å². The molecule has 2 aromatic carbocycles. The molecule has 1 amide bonds. The quantitative estimate of drug-likeness (QED) is 0.526. The van der Waals surface area contributed by atoms with Gasteiger partial charge in [-0.3, -0.25) is 14.6 Å². The summed E-state index contributed by atoms with van der Waals surface area (Å²) in [6.45, 7) is 4.99. The van der Waals surface area contributed by atoms with Crippen LogP contribution in [0.1, 0.15) is 6.42 Å². The Morgan fingerprint density at radius 2 is 2.03 bits per heavy atom. The van der Waals surface area contributed by atoms with Crippen LogP contribution in [0.5, 0.6) is 17.2 Å². The molecule has 33 heavy (non-hydrogen) atoms. The van der Waals surface area contributed by atoms with Crippen LogP contribution in [0.15, 0.2) is 42.5 Å². The predicted octanol–water partition coefficient (Wildman–Crippen LogP) is 3.20. The van der Waals surface area contributed by atoms with Crippen LogP contribution in [0.2, 0.25) is 0 Å². The lowest BCUT2D eigenvalue weighted by molar-refractivity contribution is -0.127. The Hall–Kier alpha value is -2.88. The Morgan fingerprint density at radius 3 is 2.85 bits per heavy atom. The van der Waals surface area contributed by atoms with Gasteiger partial charge in [-0.1, -0.05) is 23.5 Å². The number of hydrogen-bond acceptors (Lipinski definition) is 8. The molecule has 2 aliphatic heterocycles. The third kappa shape index (κ3) is 4.90. The lowest BCUT2D eigenvalue weighted by Crippen LogP contribution is -2.47. The van der Waals surface area contributed by atoms with E-state index in [0.717, 1.165) is 55.2 Å². The summed E-state index contributed by atoms with van der Waals surface area (Å²) in [5, 5.41) is 0.660. The van der Waals surface area contributed by atoms with Crippen LogP contribution in [-0.4, -0.2) is 75.0 Å². The van der Waals surface area contributed by atoms with Gasteiger partial charge in [-0.2, -0.15) is 0 Å². The largest absolute Gasteiger partial charge is 0.497 e. The number of anilines is 1. The summed E-state index contributed by atoms with van der Waals surface area (Å²) in [6, 6.07) is 13.2. The zero-order chi connectivity index (χ0) is 22.6. The first-order valence-electron chi connectivity index (χ1n) is 11.2. The number of carbonyl (C=O) groups excluding carboxylic acids is 1. The van der Waals surface area contributed by atoms with Gasteiger partial charge in [0.2, 0.25) is 6.10 Å². The lowest BCUT2D eigenvalue weighted by atomic mass is 10.2. The Balaban J connectivity index is 1.36. The molecule has 3 heterocycles. The highest BCUT2D eigenvalue weighted by molar-refractivity contribution is 7.22. The number of rotatable bonds is 7. The van der Waals surface area contributed by atoms with Crippen molar-refractivity contribution in [2.75, 3.05) is 58.0 Å². The monoisotopic (exact) mass is 469 g/mol. The van der Waals surface area contributed by atoms with Gasteiger partial charge in [-0.15, -0.1) is 0 Å². The zero-order valence-electron chi connectivity index (χ0n) is 18.6. The first kappa shape index (κ1) is 21.9. The van der Waals surface area contributed by atoms with Crippen LogP contribution >= 0.6 is 11.3 Å². The van der Waals surface area contributed by atoms with Gasteiger partial charge < -0.3 is 18.9 Å². The maximum Gasteiger partial charge on any atom is 0.273 e. The second-order valence-electron chi connectivity index (χ2n) is 7.99. The minimum Gasteiger partial charge on any atom is -0.497 e. The van der Waals surface area contributed by atoms with E-state index in [1.807, 2.05) is 42.5 Å². The highest BCUT2D eigenvalue weighted by Crippen LogP contribution is 2.34. The summed E-state index contributed by atoms with van der Waals surface area (Å²) in [4.78, 5) is 22.5. The van der Waals surface area contributed by atoms with Crippen molar-refractivity contribution in [1.29, 1.82) is 0 Å². The molecule has 1 fully saturated rings. The van der Waals surface area contributed by atoms with Gasteiger partial charge >= 0.3 is 0 Å². The maximum absolute atomic E-state index is 13.6. The fraction of sp³-hybridized carbons (Fsp3) is 0.417. The van der Waals surface area contributed by atoms with Gasteiger partial charge in [0.1, 0.15) is 12.4 Å². The zero-order valence-corrected chi connectivity index (χ0v) is 19.4. The van der Waals surface area contributed by atoms with Crippen LogP contribution in [-0.2, 0) is 9.53 Å². The van der Waals surface area contributed by atoms with Gasteiger partial charge in [-0.25, -0.2) is 4.98 Å². The van der Waals surface area contributed by atoms with Gasteiger partial charge in [-0.05, 0) is 36.8 Å². The summed E-state index contributed by atoms with van der Waals surface area (Å²) >= 11 is 1.48. The van der Waals surface area contributed by atoms with Crippen LogP contribution < -0.4 is 19.1 Å². The SMILES string of the molecule is COc1ccc2nc(N(CCCN3CCOCC3)C(=O)C3COc4ccccc4O3)sc2c1. The second kappa shape index (κ2) is 9.94. The molecule has 0 bridgehead atoms. The highest BCUT2D eigenvalue weighted by atomic mass is 32.1. The number of fused-ring (bicyclic) bond motifs is 2. The van der Waals surface area contributed by atoms with Crippen molar-refractivity contribution in [3.05, 3.63) is 42.5 Å². The number of ether oxygens (including phenoxy) is 4. The number of thiazole rings is 1. The number of methoxy groups -OCH3 is 1. The summed E-state index contributed by atoms with van der Waals surface area (Å²) in [7, 11) is 1.64. The molecule has 5 rings (SSSR count). The number of hydrogen-bond donors (Lipinski definition) is 0. The molecule has 1 atom stereocenters. The number of nitrogens with zero attached hydrogens (tertiary/aromatic N) is 3. The summed E-state index contributed by atoms with van der Waals surface area (Å²) in [5.74, 6) is 1.87. The topological polar surface area (TPSA) is 73.4 Å². The Kier molecular flexibility index (Phi) is 6.61. The van der Waals surface area contributed by atoms with E-state index < -0.39 is 6.10 Å². The molecule has 0 saturated carbocycles. The fourth-order valence-corrected chi connectivity index (χ4v) is 5.05. The van der Waals surface area contributed by atoms with Gasteiger partial charge in [0, 0.05) is 26.2 Å². The maximum atomic E-state index is 13.6. The van der Waals surface area contributed by atoms with E-state index in [9.17, 15) is 4.79 Å². The third-order valence-corrected chi connectivity index (χ3v) is 6.87. The van der Waals surface area contributed by atoms with Crippen LogP contribution in [0, 0.1) is 0 Å². The fourth-order valence-electron chi connectivity index (χ4n) is 4.03. The minimum atomic E-state index is -0.718. The molecule has 9 heteroatoms. The number of aromatic nitrogens is 1. The van der Waals surface area contributed by atoms with Crippen molar-refractivity contribution in [2.24, 2.45) is 0 Å². The smallest absolute Gasteiger partial charge is 0.273 e. The number of amides is 1. The Labute approximate surface area is 196 Å². The van der Waals surface area contributed by atoms with Gasteiger partial charge in [0.15, 0.2) is 16.6 Å². The summed E-state index contributed by atoms with van der Waals surface area (Å²) in [5.41, 5.74) is 0.841. The molecule has 2 aliphatic rings. The van der Waals surface area contributed by atoms with Crippen LogP contribution in [0.3, 0.4) is 0 Å². The highest BCUT2D eigenvalue weighted by Gasteiger charge is 2.33. The van der Waals surface area contributed by atoms with E-state index in [4.69, 9.17) is 23.9 Å². The molecule has 0 radical (unpaired) electrons. The molecule has 0 aliphatic carbocycles. The second-order valence-corrected chi connectivity index (χ2v) is 9.00. The minimum absolute atomic E-state index is 0.141. The van der Waals surface area contributed by atoms with E-state index >= 15 is 0 Å². The van der Waals surface area contributed by atoms with Crippen molar-refractivity contribution in [3.8, 4) is 17.2 Å². The number of carbonyl (C=O) groups is 1. The van der Waals surface area contributed by atoms with E-state index in [2.05, 4.69) is 4.90 Å². The molecule has 0 spiro atoms. The van der Waals surface area contributed by atoms with Crippen molar-refractivity contribution in [3.63, 3.8) is 0 Å². The molecule has 1 saturated heterocycles. The van der Waals surface area contributed by atoms with E-state index in [-0.39, 0.29) is 12.5 Å². The van der Waals surface area contributed by atoms with E-state index in [0.29, 0.717) is 23.2 Å². The molecule has 1 unspecified atom stereocenters. The number of para-hydroxylation sites is 2. The standard InChI is InChI=1S/C24H27N3O5S/c1-29-17-7-8-18-22(15-17)33-24(25-18)27(10-4-9-26-11-13-30-14-12-26)23(28)21-16-31-19-5-2-3-6-20(19)32-21/h2-3,5-8,15,21H,4,9-14,16H2,1H3. The van der Waals surface area contributed by atoms with Crippen molar-refractivity contribution in [1.82, 2.24) is 9.88 Å². The third-order valence-electron chi connectivity index (χ3n) is 5.83. The van der Waals surface area contributed by atoms with Crippen molar-refractivity contribution < 1.29 is 23.7 Å². The van der Waals surface area contributed by atoms with E-state index in [1.54, 1.807) is 12.0 Å².